The normalized spacial score (nSPS) is 17.6. The highest BCUT2D eigenvalue weighted by Gasteiger charge is 2.41. The lowest BCUT2D eigenvalue weighted by Gasteiger charge is -2.45. The number of H-pyrrole nitrogens is 1. The predicted octanol–water partition coefficient (Wildman–Crippen LogP) is 4.05. The van der Waals surface area contributed by atoms with Gasteiger partial charge in [-0.1, -0.05) is 12.1 Å². The lowest BCUT2D eigenvalue weighted by atomic mass is 9.78. The van der Waals surface area contributed by atoms with Gasteiger partial charge in [-0.2, -0.15) is 0 Å². The fourth-order valence-electron chi connectivity index (χ4n) is 4.52. The van der Waals surface area contributed by atoms with Crippen LogP contribution in [-0.2, 0) is 6.54 Å². The molecule has 2 aliphatic heterocycles. The first-order chi connectivity index (χ1) is 14.5. The zero-order valence-electron chi connectivity index (χ0n) is 16.5. The van der Waals surface area contributed by atoms with Crippen molar-refractivity contribution in [3.63, 3.8) is 0 Å². The second-order valence-corrected chi connectivity index (χ2v) is 8.24. The standard InChI is InChI=1S/C23H23FN4O2/c24-17-3-4-19-18(12-17)21(29)13-23(27-19)6-9-28(10-7-23)22(30)26-14-15-1-2-16-5-8-25-20(16)11-15/h1-5,8,11-12,25,27H,6-7,9-10,13-14H2,(H,26,30). The number of hydrogen-bond acceptors (Lipinski definition) is 3. The number of hydrogen-bond donors (Lipinski definition) is 3. The Morgan fingerprint density at radius 1 is 1.13 bits per heavy atom. The molecule has 1 aromatic heterocycles. The summed E-state index contributed by atoms with van der Waals surface area (Å²) in [6.07, 6.45) is 3.58. The Kier molecular flexibility index (Phi) is 4.46. The van der Waals surface area contributed by atoms with Gasteiger partial charge in [0.1, 0.15) is 5.82 Å². The van der Waals surface area contributed by atoms with Gasteiger partial charge in [0.05, 0.1) is 0 Å². The number of urea groups is 1. The molecule has 0 radical (unpaired) electrons. The quantitative estimate of drug-likeness (QED) is 0.601. The molecule has 0 unspecified atom stereocenters. The average Bonchev–Trinajstić information content (AvgIpc) is 3.21. The molecule has 5 rings (SSSR count). The van der Waals surface area contributed by atoms with Crippen LogP contribution in [-0.4, -0.2) is 40.3 Å². The molecular formula is C23H23FN4O2. The number of Topliss-reactive ketones (excluding diaryl/α,β-unsaturated/α-hetero) is 1. The molecule has 154 valence electrons. The van der Waals surface area contributed by atoms with Gasteiger partial charge in [-0.05, 0) is 54.1 Å². The summed E-state index contributed by atoms with van der Waals surface area (Å²) in [6.45, 7) is 1.60. The number of benzene rings is 2. The van der Waals surface area contributed by atoms with E-state index in [4.69, 9.17) is 0 Å². The molecule has 6 nitrogen and oxygen atoms in total. The first-order valence-electron chi connectivity index (χ1n) is 10.2. The van der Waals surface area contributed by atoms with E-state index in [1.807, 2.05) is 30.5 Å². The monoisotopic (exact) mass is 406 g/mol. The largest absolute Gasteiger partial charge is 0.378 e. The minimum atomic E-state index is -0.401. The first-order valence-corrected chi connectivity index (χ1v) is 10.2. The third-order valence-electron chi connectivity index (χ3n) is 6.25. The number of carbonyl (C=O) groups excluding carboxylic acids is 2. The van der Waals surface area contributed by atoms with Gasteiger partial charge < -0.3 is 20.5 Å². The van der Waals surface area contributed by atoms with Crippen LogP contribution in [0.25, 0.3) is 10.9 Å². The van der Waals surface area contributed by atoms with Crippen molar-refractivity contribution < 1.29 is 14.0 Å². The minimum Gasteiger partial charge on any atom is -0.378 e. The summed E-state index contributed by atoms with van der Waals surface area (Å²) in [7, 11) is 0. The lowest BCUT2D eigenvalue weighted by molar-refractivity contribution is 0.0915. The topological polar surface area (TPSA) is 77.2 Å². The summed E-state index contributed by atoms with van der Waals surface area (Å²) in [4.78, 5) is 30.2. The molecule has 2 aromatic carbocycles. The van der Waals surface area contributed by atoms with Gasteiger partial charge in [0.25, 0.3) is 0 Å². The molecule has 0 atom stereocenters. The molecule has 3 N–H and O–H groups in total. The predicted molar refractivity (Wildman–Crippen MR) is 113 cm³/mol. The molecular weight excluding hydrogens is 383 g/mol. The number of nitrogens with zero attached hydrogens (tertiary/aromatic N) is 1. The van der Waals surface area contributed by atoms with Gasteiger partial charge in [0.15, 0.2) is 5.78 Å². The number of aromatic nitrogens is 1. The number of nitrogens with one attached hydrogen (secondary N) is 3. The molecule has 3 heterocycles. The van der Waals surface area contributed by atoms with Crippen molar-refractivity contribution in [1.82, 2.24) is 15.2 Å². The van der Waals surface area contributed by atoms with Crippen LogP contribution in [0.4, 0.5) is 14.9 Å². The average molecular weight is 406 g/mol. The number of amides is 2. The lowest BCUT2D eigenvalue weighted by Crippen LogP contribution is -2.55. The maximum atomic E-state index is 13.5. The third-order valence-corrected chi connectivity index (χ3v) is 6.25. The van der Waals surface area contributed by atoms with Crippen molar-refractivity contribution in [3.05, 3.63) is 65.6 Å². The fraction of sp³-hybridized carbons (Fsp3) is 0.304. The molecule has 1 saturated heterocycles. The van der Waals surface area contributed by atoms with Crippen LogP contribution < -0.4 is 10.6 Å². The van der Waals surface area contributed by atoms with Gasteiger partial charge in [-0.25, -0.2) is 9.18 Å². The van der Waals surface area contributed by atoms with Crippen LogP contribution in [0.5, 0.6) is 0 Å². The van der Waals surface area contributed by atoms with E-state index in [9.17, 15) is 14.0 Å². The molecule has 7 heteroatoms. The highest BCUT2D eigenvalue weighted by molar-refractivity contribution is 6.04. The summed E-state index contributed by atoms with van der Waals surface area (Å²) in [6, 6.07) is 12.3. The van der Waals surface area contributed by atoms with E-state index in [2.05, 4.69) is 15.6 Å². The van der Waals surface area contributed by atoms with Crippen LogP contribution >= 0.6 is 0 Å². The van der Waals surface area contributed by atoms with Crippen molar-refractivity contribution in [3.8, 4) is 0 Å². The number of piperidine rings is 1. The number of fused-ring (bicyclic) bond motifs is 2. The Balaban J connectivity index is 1.20. The Morgan fingerprint density at radius 2 is 1.97 bits per heavy atom. The first kappa shape index (κ1) is 18.7. The summed E-state index contributed by atoms with van der Waals surface area (Å²) in [5, 5.41) is 7.59. The van der Waals surface area contributed by atoms with Crippen LogP contribution in [0, 0.1) is 5.82 Å². The maximum Gasteiger partial charge on any atom is 0.317 e. The van der Waals surface area contributed by atoms with Crippen molar-refractivity contribution in [2.45, 2.75) is 31.3 Å². The van der Waals surface area contributed by atoms with Crippen molar-refractivity contribution in [2.24, 2.45) is 0 Å². The van der Waals surface area contributed by atoms with Crippen LogP contribution in [0.2, 0.25) is 0 Å². The zero-order chi connectivity index (χ0) is 20.7. The van der Waals surface area contributed by atoms with Gasteiger partial charge in [0.2, 0.25) is 0 Å². The van der Waals surface area contributed by atoms with E-state index >= 15 is 0 Å². The van der Waals surface area contributed by atoms with E-state index in [-0.39, 0.29) is 17.4 Å². The Labute approximate surface area is 173 Å². The zero-order valence-corrected chi connectivity index (χ0v) is 16.5. The summed E-state index contributed by atoms with van der Waals surface area (Å²) in [5.41, 5.74) is 2.83. The number of aromatic amines is 1. The second kappa shape index (κ2) is 7.16. The van der Waals surface area contributed by atoms with Crippen molar-refractivity contribution >= 4 is 28.4 Å². The fourth-order valence-corrected chi connectivity index (χ4v) is 4.52. The highest BCUT2D eigenvalue weighted by atomic mass is 19.1. The Hall–Kier alpha value is -3.35. The summed E-state index contributed by atoms with van der Waals surface area (Å²) >= 11 is 0. The number of rotatable bonds is 2. The van der Waals surface area contributed by atoms with E-state index in [0.717, 1.165) is 16.5 Å². The molecule has 1 fully saturated rings. The maximum absolute atomic E-state index is 13.5. The Bertz CT molecular complexity index is 1130. The molecule has 0 aliphatic carbocycles. The molecule has 2 aliphatic rings. The molecule has 2 amide bonds. The molecule has 1 spiro atoms. The van der Waals surface area contributed by atoms with E-state index in [0.29, 0.717) is 50.1 Å². The van der Waals surface area contributed by atoms with Crippen molar-refractivity contribution in [2.75, 3.05) is 18.4 Å². The van der Waals surface area contributed by atoms with Gasteiger partial charge in [-0.15, -0.1) is 0 Å². The second-order valence-electron chi connectivity index (χ2n) is 8.24. The van der Waals surface area contributed by atoms with Crippen molar-refractivity contribution in [1.29, 1.82) is 0 Å². The van der Waals surface area contributed by atoms with Crippen LogP contribution in [0.15, 0.2) is 48.7 Å². The number of anilines is 1. The van der Waals surface area contributed by atoms with Gasteiger partial charge in [-0.3, -0.25) is 4.79 Å². The summed E-state index contributed by atoms with van der Waals surface area (Å²) < 4.78 is 13.5. The van der Waals surface area contributed by atoms with Gasteiger partial charge in [0, 0.05) is 54.6 Å². The number of halogens is 1. The minimum absolute atomic E-state index is 0.0409. The summed E-state index contributed by atoms with van der Waals surface area (Å²) in [5.74, 6) is -0.442. The number of likely N-dealkylation sites (tertiary alicyclic amines) is 1. The molecule has 0 bridgehead atoms. The molecule has 30 heavy (non-hydrogen) atoms. The third kappa shape index (κ3) is 3.40. The van der Waals surface area contributed by atoms with E-state index in [1.54, 1.807) is 11.0 Å². The van der Waals surface area contributed by atoms with E-state index < -0.39 is 5.82 Å². The molecule has 3 aromatic rings. The SMILES string of the molecule is O=C1CC2(CCN(C(=O)NCc3ccc4cc[nH]c4c3)CC2)Nc2ccc(F)cc21. The number of carbonyl (C=O) groups is 2. The van der Waals surface area contributed by atoms with Crippen LogP contribution in [0.3, 0.4) is 0 Å². The van der Waals surface area contributed by atoms with E-state index in [1.165, 1.54) is 12.1 Å². The smallest absolute Gasteiger partial charge is 0.317 e. The van der Waals surface area contributed by atoms with Gasteiger partial charge >= 0.3 is 6.03 Å². The molecule has 0 saturated carbocycles. The highest BCUT2D eigenvalue weighted by Crippen LogP contribution is 2.37. The number of ketones is 1. The Morgan fingerprint density at radius 3 is 2.80 bits per heavy atom. The van der Waals surface area contributed by atoms with Crippen LogP contribution in [0.1, 0.15) is 35.2 Å².